The fourth-order valence-electron chi connectivity index (χ4n) is 4.60. The molecule has 2 atom stereocenters. The summed E-state index contributed by atoms with van der Waals surface area (Å²) in [6.07, 6.45) is -0.616. The van der Waals surface area contributed by atoms with Gasteiger partial charge in [0, 0.05) is 22.4 Å². The molecule has 0 aliphatic carbocycles. The number of nitrogens with zero attached hydrogens (tertiary/aromatic N) is 1. The first-order valence-electron chi connectivity index (χ1n) is 10.5. The lowest BCUT2D eigenvalue weighted by atomic mass is 9.86. The molecule has 0 spiro atoms. The number of hydrogen-bond acceptors (Lipinski definition) is 8. The largest absolute Gasteiger partial charge is 0.374 e. The van der Waals surface area contributed by atoms with E-state index in [0.717, 1.165) is 10.4 Å². The quantitative estimate of drug-likeness (QED) is 0.379. The number of aliphatic hydroxyl groups excluding tert-OH is 1. The van der Waals surface area contributed by atoms with Crippen LogP contribution in [0.25, 0.3) is 10.9 Å². The molecular weight excluding hydrogens is 428 g/mol. The Morgan fingerprint density at radius 3 is 2.69 bits per heavy atom. The normalized spacial score (nSPS) is 19.9. The van der Waals surface area contributed by atoms with E-state index in [-0.39, 0.29) is 5.56 Å². The van der Waals surface area contributed by atoms with Crippen molar-refractivity contribution in [3.8, 4) is 0 Å². The first-order valence-corrected chi connectivity index (χ1v) is 11.3. The summed E-state index contributed by atoms with van der Waals surface area (Å²) >= 11 is 1.42. The van der Waals surface area contributed by atoms with Gasteiger partial charge in [-0.1, -0.05) is 6.07 Å². The van der Waals surface area contributed by atoms with Crippen LogP contribution in [0.15, 0.2) is 23.0 Å². The van der Waals surface area contributed by atoms with Crippen LogP contribution in [0.1, 0.15) is 68.2 Å². The van der Waals surface area contributed by atoms with Gasteiger partial charge in [0.1, 0.15) is 12.1 Å². The highest BCUT2D eigenvalue weighted by molar-refractivity contribution is 7.16. The number of fused-ring (bicyclic) bond motifs is 2. The van der Waals surface area contributed by atoms with Gasteiger partial charge < -0.3 is 31.0 Å². The van der Waals surface area contributed by atoms with Gasteiger partial charge in [0.05, 0.1) is 27.1 Å². The predicted octanol–water partition coefficient (Wildman–Crippen LogP) is 3.11. The molecule has 0 fully saturated rings. The van der Waals surface area contributed by atoms with E-state index in [1.54, 1.807) is 32.0 Å². The number of aliphatic hydroxyl groups is 2. The number of nitrogens with two attached hydrogens (primary N) is 1. The van der Waals surface area contributed by atoms with E-state index >= 15 is 0 Å². The summed E-state index contributed by atoms with van der Waals surface area (Å²) in [5.74, 6) is 0.497. The Kier molecular flexibility index (Phi) is 5.26. The van der Waals surface area contributed by atoms with Crippen LogP contribution in [0, 0.1) is 6.92 Å². The smallest absolute Gasteiger partial charge is 0.258 e. The third-order valence-corrected chi connectivity index (χ3v) is 7.24. The molecular formula is C23H30N4O4S. The zero-order valence-electron chi connectivity index (χ0n) is 19.2. The summed E-state index contributed by atoms with van der Waals surface area (Å²) in [6.45, 7) is 11.3. The number of aryl methyl sites for hydroxylation is 1. The first kappa shape index (κ1) is 22.9. The molecule has 3 aromatic rings. The fourth-order valence-corrected chi connectivity index (χ4v) is 6.00. The number of thiophene rings is 1. The number of nitrogens with one attached hydrogen (secondary N) is 2. The predicted molar refractivity (Wildman–Crippen MR) is 126 cm³/mol. The average molecular weight is 459 g/mol. The van der Waals surface area contributed by atoms with Crippen molar-refractivity contribution in [3.05, 3.63) is 55.9 Å². The van der Waals surface area contributed by atoms with Gasteiger partial charge in [-0.2, -0.15) is 0 Å². The minimum absolute atomic E-state index is 0.226. The Hall–Kier alpha value is -2.30. The molecule has 0 saturated heterocycles. The molecule has 0 bridgehead atoms. The molecule has 0 amide bonds. The number of rotatable bonds is 4. The van der Waals surface area contributed by atoms with E-state index in [0.29, 0.717) is 39.3 Å². The van der Waals surface area contributed by atoms with Crippen molar-refractivity contribution >= 4 is 27.2 Å². The second-order valence-corrected chi connectivity index (χ2v) is 10.7. The first-order chi connectivity index (χ1) is 14.7. The molecule has 32 heavy (non-hydrogen) atoms. The number of aromatic nitrogens is 2. The van der Waals surface area contributed by atoms with Crippen molar-refractivity contribution in [2.75, 3.05) is 5.32 Å². The van der Waals surface area contributed by atoms with Gasteiger partial charge in [0.2, 0.25) is 0 Å². The van der Waals surface area contributed by atoms with Crippen molar-refractivity contribution in [2.45, 2.75) is 71.1 Å². The second kappa shape index (κ2) is 7.36. The molecule has 2 unspecified atom stereocenters. The minimum atomic E-state index is -1.51. The minimum Gasteiger partial charge on any atom is -0.374 e. The topological polar surface area (TPSA) is 133 Å². The van der Waals surface area contributed by atoms with Crippen molar-refractivity contribution < 1.29 is 14.9 Å². The van der Waals surface area contributed by atoms with E-state index < -0.39 is 23.2 Å². The monoisotopic (exact) mass is 458 g/mol. The number of ether oxygens (including phenoxy) is 1. The lowest BCUT2D eigenvalue weighted by molar-refractivity contribution is -0.136. The highest BCUT2D eigenvalue weighted by Gasteiger charge is 2.43. The molecule has 4 rings (SSSR count). The summed E-state index contributed by atoms with van der Waals surface area (Å²) in [5.41, 5.74) is 5.80. The molecule has 172 valence electrons. The molecule has 1 aromatic carbocycles. The maximum atomic E-state index is 12.2. The van der Waals surface area contributed by atoms with Crippen LogP contribution in [-0.4, -0.2) is 25.8 Å². The van der Waals surface area contributed by atoms with Crippen LogP contribution in [0.3, 0.4) is 0 Å². The van der Waals surface area contributed by atoms with E-state index in [2.05, 4.69) is 15.3 Å². The van der Waals surface area contributed by atoms with E-state index in [9.17, 15) is 15.0 Å². The fraction of sp³-hybridized carbons (Fsp3) is 0.478. The Labute approximate surface area is 190 Å². The van der Waals surface area contributed by atoms with Gasteiger partial charge in [0.15, 0.2) is 5.72 Å². The van der Waals surface area contributed by atoms with Crippen LogP contribution in [-0.2, 0) is 22.5 Å². The Bertz CT molecular complexity index is 1260. The van der Waals surface area contributed by atoms with E-state index in [1.165, 1.54) is 11.3 Å². The lowest BCUT2D eigenvalue weighted by Gasteiger charge is -2.41. The number of anilines is 1. The summed E-state index contributed by atoms with van der Waals surface area (Å²) in [4.78, 5) is 20.2. The molecule has 3 heterocycles. The van der Waals surface area contributed by atoms with Crippen molar-refractivity contribution in [1.29, 1.82) is 0 Å². The Morgan fingerprint density at radius 2 is 2.03 bits per heavy atom. The zero-order valence-corrected chi connectivity index (χ0v) is 20.0. The van der Waals surface area contributed by atoms with Crippen LogP contribution in [0.2, 0.25) is 0 Å². The number of hydrogen-bond donors (Lipinski definition) is 5. The lowest BCUT2D eigenvalue weighted by Crippen LogP contribution is -2.42. The molecule has 6 N–H and O–H groups in total. The average Bonchev–Trinajstić information content (AvgIpc) is 2.97. The molecule has 2 aromatic heterocycles. The molecule has 9 heteroatoms. The van der Waals surface area contributed by atoms with Crippen LogP contribution < -0.4 is 16.6 Å². The van der Waals surface area contributed by atoms with Crippen LogP contribution in [0.4, 0.5) is 5.00 Å². The Morgan fingerprint density at radius 1 is 1.34 bits per heavy atom. The SMILES string of the molecule is Cc1nc2cc(C(C)(O)Nc3sc4c(c3C(N)O)CC(C)(C)OC4(C)C)ccc2c(=O)[nH]1. The maximum Gasteiger partial charge on any atom is 0.258 e. The second-order valence-electron chi connectivity index (χ2n) is 9.73. The van der Waals surface area contributed by atoms with Gasteiger partial charge in [-0.25, -0.2) is 4.98 Å². The van der Waals surface area contributed by atoms with Crippen molar-refractivity contribution in [2.24, 2.45) is 5.73 Å². The number of aromatic amines is 1. The van der Waals surface area contributed by atoms with Crippen molar-refractivity contribution in [3.63, 3.8) is 0 Å². The third-order valence-electron chi connectivity index (χ3n) is 5.77. The molecule has 0 saturated carbocycles. The molecule has 1 aliphatic heterocycles. The number of H-pyrrole nitrogens is 1. The number of benzene rings is 1. The van der Waals surface area contributed by atoms with E-state index in [4.69, 9.17) is 10.5 Å². The highest BCUT2D eigenvalue weighted by atomic mass is 32.1. The summed E-state index contributed by atoms with van der Waals surface area (Å²) in [7, 11) is 0. The standard InChI is InChI=1S/C23H30N4O4S/c1-11-25-15-9-12(7-8-13(15)19(29)26-11)23(6,30)27-20-16(18(24)28)14-10-21(2,3)31-22(4,5)17(14)32-20/h7-9,18,27-28,30H,10,24H2,1-6H3,(H,25,26,29). The molecule has 0 radical (unpaired) electrons. The van der Waals surface area contributed by atoms with E-state index in [1.807, 2.05) is 27.7 Å². The van der Waals surface area contributed by atoms with Gasteiger partial charge in [-0.3, -0.25) is 4.79 Å². The van der Waals surface area contributed by atoms with Gasteiger partial charge in [-0.15, -0.1) is 11.3 Å². The van der Waals surface area contributed by atoms with Crippen LogP contribution >= 0.6 is 11.3 Å². The molecule has 1 aliphatic rings. The van der Waals surface area contributed by atoms with Gasteiger partial charge >= 0.3 is 0 Å². The zero-order chi connectivity index (χ0) is 23.6. The highest BCUT2D eigenvalue weighted by Crippen LogP contribution is 2.50. The van der Waals surface area contributed by atoms with Crippen molar-refractivity contribution in [1.82, 2.24) is 9.97 Å². The summed E-state index contributed by atoms with van der Waals surface area (Å²) in [5, 5.41) is 26.0. The maximum absolute atomic E-state index is 12.2. The Balaban J connectivity index is 1.79. The third kappa shape index (κ3) is 3.95. The van der Waals surface area contributed by atoms with Gasteiger partial charge in [0.25, 0.3) is 5.56 Å². The molecule has 8 nitrogen and oxygen atoms in total. The van der Waals surface area contributed by atoms with Gasteiger partial charge in [-0.05, 0) is 59.2 Å². The van der Waals surface area contributed by atoms with Crippen LogP contribution in [0.5, 0.6) is 0 Å². The summed E-state index contributed by atoms with van der Waals surface area (Å²) < 4.78 is 6.28. The summed E-state index contributed by atoms with van der Waals surface area (Å²) in [6, 6.07) is 5.01.